The van der Waals surface area contributed by atoms with E-state index >= 15 is 0 Å². The standard InChI is InChI=1S/C23H22ClN5O4/c24-17-7-5-16(6-8-17)22-25-20(33-26-22)15-27-11-13-28(14-12-27)21(30)9-10-29-18-3-1-2-4-19(18)32-23(29)31/h1-8H,9-15H2. The third kappa shape index (κ3) is 4.69. The fourth-order valence-electron chi connectivity index (χ4n) is 3.97. The largest absolute Gasteiger partial charge is 0.419 e. The molecular formula is C23H22ClN5O4. The third-order valence-electron chi connectivity index (χ3n) is 5.78. The maximum Gasteiger partial charge on any atom is 0.419 e. The van der Waals surface area contributed by atoms with Gasteiger partial charge >= 0.3 is 5.76 Å². The van der Waals surface area contributed by atoms with Crippen LogP contribution in [0.25, 0.3) is 22.5 Å². The number of fused-ring (bicyclic) bond motifs is 1. The zero-order valence-corrected chi connectivity index (χ0v) is 18.6. The second-order valence-electron chi connectivity index (χ2n) is 7.91. The highest BCUT2D eigenvalue weighted by Gasteiger charge is 2.23. The Hall–Kier alpha value is -3.43. The van der Waals surface area contributed by atoms with E-state index in [2.05, 4.69) is 15.0 Å². The van der Waals surface area contributed by atoms with E-state index in [1.165, 1.54) is 4.57 Å². The van der Waals surface area contributed by atoms with Crippen LogP contribution in [0.3, 0.4) is 0 Å². The van der Waals surface area contributed by atoms with Gasteiger partial charge in [-0.3, -0.25) is 14.3 Å². The summed E-state index contributed by atoms with van der Waals surface area (Å²) in [7, 11) is 0. The van der Waals surface area contributed by atoms with Crippen LogP contribution in [0.4, 0.5) is 0 Å². The second-order valence-corrected chi connectivity index (χ2v) is 8.35. The highest BCUT2D eigenvalue weighted by molar-refractivity contribution is 6.30. The third-order valence-corrected chi connectivity index (χ3v) is 6.03. The van der Waals surface area contributed by atoms with E-state index in [1.807, 2.05) is 35.2 Å². The van der Waals surface area contributed by atoms with Crippen molar-refractivity contribution < 1.29 is 13.7 Å². The number of rotatable bonds is 6. The number of carbonyl (C=O) groups is 1. The van der Waals surface area contributed by atoms with Gasteiger partial charge in [0.15, 0.2) is 5.58 Å². The fourth-order valence-corrected chi connectivity index (χ4v) is 4.10. The van der Waals surface area contributed by atoms with Crippen molar-refractivity contribution in [3.63, 3.8) is 0 Å². The normalized spacial score (nSPS) is 14.8. The Morgan fingerprint density at radius 3 is 2.58 bits per heavy atom. The Kier molecular flexibility index (Phi) is 5.97. The summed E-state index contributed by atoms with van der Waals surface area (Å²) in [5.41, 5.74) is 2.08. The molecule has 33 heavy (non-hydrogen) atoms. The Bertz CT molecular complexity index is 1320. The fraction of sp³-hybridized carbons (Fsp3) is 0.304. The first-order chi connectivity index (χ1) is 16.1. The van der Waals surface area contributed by atoms with Gasteiger partial charge < -0.3 is 13.8 Å². The van der Waals surface area contributed by atoms with Gasteiger partial charge in [0, 0.05) is 49.7 Å². The summed E-state index contributed by atoms with van der Waals surface area (Å²) < 4.78 is 12.1. The molecule has 10 heteroatoms. The van der Waals surface area contributed by atoms with Crippen LogP contribution >= 0.6 is 11.6 Å². The van der Waals surface area contributed by atoms with Crippen molar-refractivity contribution in [1.29, 1.82) is 0 Å². The van der Waals surface area contributed by atoms with Crippen LogP contribution in [-0.4, -0.2) is 56.6 Å². The minimum Gasteiger partial charge on any atom is -0.408 e. The lowest BCUT2D eigenvalue weighted by Gasteiger charge is -2.34. The lowest BCUT2D eigenvalue weighted by atomic mass is 10.2. The number of aryl methyl sites for hydroxylation is 1. The summed E-state index contributed by atoms with van der Waals surface area (Å²) >= 11 is 5.92. The predicted octanol–water partition coefficient (Wildman–Crippen LogP) is 3.03. The molecule has 2 aromatic carbocycles. The van der Waals surface area contributed by atoms with Gasteiger partial charge in [-0.1, -0.05) is 28.9 Å². The average Bonchev–Trinajstić information content (AvgIpc) is 3.42. The van der Waals surface area contributed by atoms with Crippen LogP contribution < -0.4 is 5.76 Å². The zero-order valence-electron chi connectivity index (χ0n) is 17.8. The molecule has 0 N–H and O–H groups in total. The molecule has 1 aliphatic heterocycles. The molecule has 1 amide bonds. The van der Waals surface area contributed by atoms with Crippen molar-refractivity contribution in [3.05, 3.63) is 70.0 Å². The number of nitrogens with zero attached hydrogens (tertiary/aromatic N) is 5. The van der Waals surface area contributed by atoms with Gasteiger partial charge in [0.2, 0.25) is 17.6 Å². The van der Waals surface area contributed by atoms with Gasteiger partial charge in [0.1, 0.15) is 0 Å². The van der Waals surface area contributed by atoms with E-state index < -0.39 is 5.76 Å². The molecule has 9 nitrogen and oxygen atoms in total. The van der Waals surface area contributed by atoms with Crippen LogP contribution in [0.15, 0.2) is 62.3 Å². The first kappa shape index (κ1) is 21.4. The molecule has 0 spiro atoms. The monoisotopic (exact) mass is 467 g/mol. The SMILES string of the molecule is O=C(CCn1c(=O)oc2ccccc21)N1CCN(Cc2nc(-c3ccc(Cl)cc3)no2)CC1. The second kappa shape index (κ2) is 9.21. The summed E-state index contributed by atoms with van der Waals surface area (Å²) in [5.74, 6) is 0.643. The number of aromatic nitrogens is 3. The topological polar surface area (TPSA) is 97.6 Å². The molecule has 0 atom stereocenters. The molecule has 4 aromatic rings. The maximum atomic E-state index is 12.7. The molecule has 0 bridgehead atoms. The molecule has 0 saturated carbocycles. The van der Waals surface area contributed by atoms with Crippen LogP contribution in [0.1, 0.15) is 12.3 Å². The molecule has 0 aliphatic carbocycles. The van der Waals surface area contributed by atoms with Gasteiger partial charge in [-0.15, -0.1) is 0 Å². The van der Waals surface area contributed by atoms with E-state index in [4.69, 9.17) is 20.5 Å². The molecule has 2 aromatic heterocycles. The van der Waals surface area contributed by atoms with Gasteiger partial charge in [0.05, 0.1) is 12.1 Å². The number of para-hydroxylation sites is 2. The number of amides is 1. The highest BCUT2D eigenvalue weighted by Crippen LogP contribution is 2.19. The molecule has 170 valence electrons. The number of hydrogen-bond acceptors (Lipinski definition) is 7. The highest BCUT2D eigenvalue weighted by atomic mass is 35.5. The van der Waals surface area contributed by atoms with Gasteiger partial charge in [0.25, 0.3) is 0 Å². The molecule has 1 aliphatic rings. The first-order valence-corrected chi connectivity index (χ1v) is 11.1. The van der Waals surface area contributed by atoms with E-state index in [-0.39, 0.29) is 12.3 Å². The number of benzene rings is 2. The number of hydrogen-bond donors (Lipinski definition) is 0. The van der Waals surface area contributed by atoms with Gasteiger partial charge in [-0.25, -0.2) is 4.79 Å². The number of carbonyl (C=O) groups excluding carboxylic acids is 1. The lowest BCUT2D eigenvalue weighted by molar-refractivity contribution is -0.133. The van der Waals surface area contributed by atoms with Crippen molar-refractivity contribution in [2.75, 3.05) is 26.2 Å². The molecule has 0 radical (unpaired) electrons. The van der Waals surface area contributed by atoms with E-state index in [9.17, 15) is 9.59 Å². The summed E-state index contributed by atoms with van der Waals surface area (Å²) in [6.07, 6.45) is 0.248. The van der Waals surface area contributed by atoms with Crippen molar-refractivity contribution in [3.8, 4) is 11.4 Å². The molecule has 3 heterocycles. The average molecular weight is 468 g/mol. The van der Waals surface area contributed by atoms with Crippen LogP contribution in [0, 0.1) is 0 Å². The van der Waals surface area contributed by atoms with Crippen LogP contribution in [-0.2, 0) is 17.9 Å². The quantitative estimate of drug-likeness (QED) is 0.430. The smallest absolute Gasteiger partial charge is 0.408 e. The lowest BCUT2D eigenvalue weighted by Crippen LogP contribution is -2.48. The Balaban J connectivity index is 1.13. The van der Waals surface area contributed by atoms with E-state index in [0.29, 0.717) is 67.1 Å². The molecule has 5 rings (SSSR count). The summed E-state index contributed by atoms with van der Waals surface area (Å²) in [5, 5.41) is 4.70. The Morgan fingerprint density at radius 2 is 1.79 bits per heavy atom. The minimum atomic E-state index is -0.439. The van der Waals surface area contributed by atoms with Crippen molar-refractivity contribution >= 4 is 28.6 Å². The zero-order chi connectivity index (χ0) is 22.8. The summed E-state index contributed by atoms with van der Waals surface area (Å²) in [6.45, 7) is 3.46. The van der Waals surface area contributed by atoms with Gasteiger partial charge in [-0.05, 0) is 36.4 Å². The minimum absolute atomic E-state index is 0.0228. The van der Waals surface area contributed by atoms with E-state index in [1.54, 1.807) is 18.2 Å². The number of piperazine rings is 1. The molecule has 0 unspecified atom stereocenters. The summed E-state index contributed by atoms with van der Waals surface area (Å²) in [4.78, 5) is 33.3. The molecular weight excluding hydrogens is 446 g/mol. The van der Waals surface area contributed by atoms with Crippen molar-refractivity contribution in [2.45, 2.75) is 19.5 Å². The maximum absolute atomic E-state index is 12.7. The van der Waals surface area contributed by atoms with Gasteiger partial charge in [-0.2, -0.15) is 4.98 Å². The number of halogens is 1. The Labute approximate surface area is 194 Å². The van der Waals surface area contributed by atoms with Crippen molar-refractivity contribution in [2.24, 2.45) is 0 Å². The first-order valence-electron chi connectivity index (χ1n) is 10.7. The number of oxazole rings is 1. The Morgan fingerprint density at radius 1 is 1.03 bits per heavy atom. The van der Waals surface area contributed by atoms with Crippen molar-refractivity contribution in [1.82, 2.24) is 24.5 Å². The molecule has 1 saturated heterocycles. The molecule has 1 fully saturated rings. The van der Waals surface area contributed by atoms with E-state index in [0.717, 1.165) is 5.56 Å². The van der Waals surface area contributed by atoms with Crippen LogP contribution in [0.5, 0.6) is 0 Å². The van der Waals surface area contributed by atoms with Crippen LogP contribution in [0.2, 0.25) is 5.02 Å². The predicted molar refractivity (Wildman–Crippen MR) is 122 cm³/mol. The summed E-state index contributed by atoms with van der Waals surface area (Å²) in [6, 6.07) is 14.5.